The first-order valence-corrected chi connectivity index (χ1v) is 11.2. The first-order valence-electron chi connectivity index (χ1n) is 10.4. The Hall–Kier alpha value is -3.03. The van der Waals surface area contributed by atoms with Gasteiger partial charge in [0.2, 0.25) is 0 Å². The van der Waals surface area contributed by atoms with E-state index < -0.39 is 0 Å². The summed E-state index contributed by atoms with van der Waals surface area (Å²) in [4.78, 5) is 15.5. The highest BCUT2D eigenvalue weighted by Crippen LogP contribution is 2.36. The van der Waals surface area contributed by atoms with Gasteiger partial charge in [-0.05, 0) is 63.2 Å². The molecule has 0 saturated carbocycles. The Labute approximate surface area is 177 Å². The van der Waals surface area contributed by atoms with Crippen LogP contribution in [-0.2, 0) is 0 Å². The van der Waals surface area contributed by atoms with Crippen molar-refractivity contribution in [2.45, 2.75) is 25.7 Å². The molecule has 1 aliphatic heterocycles. The summed E-state index contributed by atoms with van der Waals surface area (Å²) in [6, 6.07) is 10.8. The number of thiophene rings is 1. The highest BCUT2D eigenvalue weighted by Gasteiger charge is 2.20. The van der Waals surface area contributed by atoms with E-state index in [1.807, 2.05) is 12.4 Å². The molecule has 0 atom stereocenters. The van der Waals surface area contributed by atoms with E-state index in [2.05, 4.69) is 62.7 Å². The number of hydrogen-bond acceptors (Lipinski definition) is 5. The van der Waals surface area contributed by atoms with Gasteiger partial charge >= 0.3 is 0 Å². The number of fused-ring (bicyclic) bond motifs is 2. The zero-order valence-corrected chi connectivity index (χ0v) is 17.5. The summed E-state index contributed by atoms with van der Waals surface area (Å²) in [5.41, 5.74) is 7.06. The Morgan fingerprint density at radius 2 is 1.93 bits per heavy atom. The molecule has 0 amide bonds. The van der Waals surface area contributed by atoms with Gasteiger partial charge in [0.05, 0.1) is 22.9 Å². The van der Waals surface area contributed by atoms with Gasteiger partial charge in [0.15, 0.2) is 0 Å². The molecular weight excluding hydrogens is 392 g/mol. The molecule has 0 aliphatic carbocycles. The van der Waals surface area contributed by atoms with Gasteiger partial charge in [0.25, 0.3) is 0 Å². The molecule has 3 N–H and O–H groups in total. The number of aromatic amines is 2. The van der Waals surface area contributed by atoms with E-state index in [1.165, 1.54) is 15.4 Å². The van der Waals surface area contributed by atoms with Crippen molar-refractivity contribution in [3.8, 4) is 21.8 Å². The molecule has 6 nitrogen and oxygen atoms in total. The Kier molecular flexibility index (Phi) is 4.17. The molecule has 6 rings (SSSR count). The molecule has 1 saturated heterocycles. The Balaban J connectivity index is 1.47. The highest BCUT2D eigenvalue weighted by molar-refractivity contribution is 7.15. The summed E-state index contributed by atoms with van der Waals surface area (Å²) in [7, 11) is 0. The molecule has 1 fully saturated rings. The Morgan fingerprint density at radius 3 is 2.77 bits per heavy atom. The molecule has 0 unspecified atom stereocenters. The molecular formula is C23H22N6S. The van der Waals surface area contributed by atoms with Crippen molar-refractivity contribution in [3.05, 3.63) is 53.3 Å². The standard InChI is InChI=1S/C23H22N6S/c1-13-2-5-21(30-13)16-11-25-12-20-15(16)10-19(26-20)23-22-18(28-29-23)4-3-17(27-22)14-6-8-24-9-7-14/h2-5,10-12,14,24,26H,6-9H2,1H3,(H,28,29). The van der Waals surface area contributed by atoms with Crippen molar-refractivity contribution in [2.75, 3.05) is 13.1 Å². The van der Waals surface area contributed by atoms with Gasteiger partial charge in [-0.15, -0.1) is 11.3 Å². The van der Waals surface area contributed by atoms with E-state index in [0.717, 1.165) is 64.8 Å². The first-order chi connectivity index (χ1) is 14.8. The topological polar surface area (TPSA) is 82.3 Å². The minimum atomic E-state index is 0.513. The van der Waals surface area contributed by atoms with Crippen molar-refractivity contribution < 1.29 is 0 Å². The maximum atomic E-state index is 5.03. The van der Waals surface area contributed by atoms with E-state index in [9.17, 15) is 0 Å². The van der Waals surface area contributed by atoms with Crippen LogP contribution in [0.2, 0.25) is 0 Å². The van der Waals surface area contributed by atoms with Gasteiger partial charge in [-0.25, -0.2) is 4.98 Å². The van der Waals surface area contributed by atoms with Gasteiger partial charge in [-0.1, -0.05) is 0 Å². The van der Waals surface area contributed by atoms with E-state index in [0.29, 0.717) is 5.92 Å². The lowest BCUT2D eigenvalue weighted by Crippen LogP contribution is -2.27. The van der Waals surface area contributed by atoms with Crippen LogP contribution in [0.25, 0.3) is 43.8 Å². The molecule has 1 aliphatic rings. The third-order valence-electron chi connectivity index (χ3n) is 5.99. The van der Waals surface area contributed by atoms with Crippen LogP contribution < -0.4 is 5.32 Å². The lowest BCUT2D eigenvalue weighted by Gasteiger charge is -2.22. The Morgan fingerprint density at radius 1 is 1.03 bits per heavy atom. The summed E-state index contributed by atoms with van der Waals surface area (Å²) >= 11 is 1.79. The fourth-order valence-corrected chi connectivity index (χ4v) is 5.29. The summed E-state index contributed by atoms with van der Waals surface area (Å²) in [5, 5.41) is 12.3. The molecule has 6 heterocycles. The van der Waals surface area contributed by atoms with Gasteiger partial charge in [-0.2, -0.15) is 5.10 Å². The summed E-state index contributed by atoms with van der Waals surface area (Å²) in [6.45, 7) is 4.25. The number of pyridine rings is 2. The fourth-order valence-electron chi connectivity index (χ4n) is 4.40. The first kappa shape index (κ1) is 17.8. The lowest BCUT2D eigenvalue weighted by molar-refractivity contribution is 0.454. The number of H-pyrrole nitrogens is 2. The molecule has 0 bridgehead atoms. The average Bonchev–Trinajstić information content (AvgIpc) is 3.51. The second-order valence-electron chi connectivity index (χ2n) is 7.97. The number of aryl methyl sites for hydroxylation is 1. The highest BCUT2D eigenvalue weighted by atomic mass is 32.1. The van der Waals surface area contributed by atoms with Gasteiger partial charge in [0, 0.05) is 38.5 Å². The normalized spacial score (nSPS) is 15.4. The predicted molar refractivity (Wildman–Crippen MR) is 122 cm³/mol. The van der Waals surface area contributed by atoms with Crippen LogP contribution in [0.5, 0.6) is 0 Å². The van der Waals surface area contributed by atoms with Crippen molar-refractivity contribution in [3.63, 3.8) is 0 Å². The molecule has 5 aromatic rings. The quantitative estimate of drug-likeness (QED) is 0.388. The van der Waals surface area contributed by atoms with Crippen LogP contribution >= 0.6 is 11.3 Å². The third-order valence-corrected chi connectivity index (χ3v) is 7.03. The predicted octanol–water partition coefficient (Wildman–Crippen LogP) is 5.01. The number of nitrogens with one attached hydrogen (secondary N) is 3. The molecule has 7 heteroatoms. The van der Waals surface area contributed by atoms with E-state index >= 15 is 0 Å². The number of rotatable bonds is 3. The lowest BCUT2D eigenvalue weighted by atomic mass is 9.94. The Bertz CT molecular complexity index is 1350. The number of hydrogen-bond donors (Lipinski definition) is 3. The molecule has 0 radical (unpaired) electrons. The summed E-state index contributed by atoms with van der Waals surface area (Å²) in [5.74, 6) is 0.513. The number of nitrogens with zero attached hydrogens (tertiary/aromatic N) is 3. The van der Waals surface area contributed by atoms with Crippen LogP contribution in [0.4, 0.5) is 0 Å². The van der Waals surface area contributed by atoms with Crippen molar-refractivity contribution >= 4 is 33.3 Å². The van der Waals surface area contributed by atoms with Crippen LogP contribution in [0, 0.1) is 6.92 Å². The van der Waals surface area contributed by atoms with E-state index in [-0.39, 0.29) is 0 Å². The smallest absolute Gasteiger partial charge is 0.135 e. The van der Waals surface area contributed by atoms with E-state index in [4.69, 9.17) is 4.98 Å². The SMILES string of the molecule is Cc1ccc(-c2cncc3[nH]c(-c4n[nH]c5ccc(C6CCNCC6)nc45)cc23)s1. The van der Waals surface area contributed by atoms with E-state index in [1.54, 1.807) is 11.3 Å². The second-order valence-corrected chi connectivity index (χ2v) is 9.26. The van der Waals surface area contributed by atoms with Crippen molar-refractivity contribution in [2.24, 2.45) is 0 Å². The zero-order valence-electron chi connectivity index (χ0n) is 16.7. The largest absolute Gasteiger partial charge is 0.352 e. The van der Waals surface area contributed by atoms with Gasteiger partial charge in [-0.3, -0.25) is 10.1 Å². The summed E-state index contributed by atoms with van der Waals surface area (Å²) < 4.78 is 0. The average molecular weight is 415 g/mol. The van der Waals surface area contributed by atoms with Crippen LogP contribution in [0.1, 0.15) is 29.3 Å². The van der Waals surface area contributed by atoms with Crippen LogP contribution in [0.15, 0.2) is 42.7 Å². The number of piperidine rings is 1. The summed E-state index contributed by atoms with van der Waals surface area (Å²) in [6.07, 6.45) is 6.09. The van der Waals surface area contributed by atoms with Crippen LogP contribution in [-0.4, -0.2) is 38.2 Å². The minimum Gasteiger partial charge on any atom is -0.352 e. The second kappa shape index (κ2) is 7.04. The molecule has 150 valence electrons. The molecule has 0 aromatic carbocycles. The van der Waals surface area contributed by atoms with Gasteiger partial charge < -0.3 is 10.3 Å². The minimum absolute atomic E-state index is 0.513. The molecule has 0 spiro atoms. The van der Waals surface area contributed by atoms with Gasteiger partial charge in [0.1, 0.15) is 11.2 Å². The maximum Gasteiger partial charge on any atom is 0.135 e. The monoisotopic (exact) mass is 414 g/mol. The number of aromatic nitrogens is 5. The van der Waals surface area contributed by atoms with Crippen LogP contribution in [0.3, 0.4) is 0 Å². The molecule has 5 aromatic heterocycles. The van der Waals surface area contributed by atoms with Crippen molar-refractivity contribution in [1.82, 2.24) is 30.5 Å². The zero-order chi connectivity index (χ0) is 20.1. The van der Waals surface area contributed by atoms with Crippen molar-refractivity contribution in [1.29, 1.82) is 0 Å². The maximum absolute atomic E-state index is 5.03. The molecule has 30 heavy (non-hydrogen) atoms. The fraction of sp³-hybridized carbons (Fsp3) is 0.261. The third kappa shape index (κ3) is 2.93.